The fourth-order valence-corrected chi connectivity index (χ4v) is 1.54. The molecule has 18 heavy (non-hydrogen) atoms. The molecule has 4 nitrogen and oxygen atoms in total. The first kappa shape index (κ1) is 16.8. The summed E-state index contributed by atoms with van der Waals surface area (Å²) in [6, 6.07) is 5.03. The van der Waals surface area contributed by atoms with Gasteiger partial charge in [-0.05, 0) is 31.2 Å². The Morgan fingerprint density at radius 1 is 1.44 bits per heavy atom. The van der Waals surface area contributed by atoms with Crippen molar-refractivity contribution in [3.05, 3.63) is 30.1 Å². The number of nitrogens with two attached hydrogens (primary N) is 1. The molecule has 0 fully saturated rings. The van der Waals surface area contributed by atoms with Crippen molar-refractivity contribution in [2.24, 2.45) is 5.73 Å². The van der Waals surface area contributed by atoms with Crippen molar-refractivity contribution in [3.63, 3.8) is 0 Å². The van der Waals surface area contributed by atoms with Gasteiger partial charge in [0.25, 0.3) is 0 Å². The summed E-state index contributed by atoms with van der Waals surface area (Å²) in [6.45, 7) is 2.47. The summed E-state index contributed by atoms with van der Waals surface area (Å²) in [4.78, 5) is 13.5. The second-order valence-electron chi connectivity index (χ2n) is 3.62. The molecule has 0 aliphatic rings. The molecule has 0 saturated heterocycles. The molecule has 1 unspecified atom stereocenters. The molecule has 0 heterocycles. The normalized spacial score (nSPS) is 11.6. The van der Waals surface area contributed by atoms with Crippen LogP contribution in [0.1, 0.15) is 6.92 Å². The average Bonchev–Trinajstić information content (AvgIpc) is 2.32. The molecule has 102 valence electrons. The second-order valence-corrected chi connectivity index (χ2v) is 3.62. The molecule has 6 heteroatoms. The number of halogens is 2. The predicted molar refractivity (Wildman–Crippen MR) is 71.5 cm³/mol. The molecular weight excluding hydrogens is 259 g/mol. The first-order valence-corrected chi connectivity index (χ1v) is 5.41. The number of carbonyl (C=O) groups is 1. The van der Waals surface area contributed by atoms with Gasteiger partial charge in [-0.3, -0.25) is 4.79 Å². The molecule has 1 amide bonds. The lowest BCUT2D eigenvalue weighted by Gasteiger charge is -2.24. The lowest BCUT2D eigenvalue weighted by atomic mass is 10.2. The fourth-order valence-electron chi connectivity index (χ4n) is 1.54. The van der Waals surface area contributed by atoms with Gasteiger partial charge in [0.05, 0.1) is 6.61 Å². The van der Waals surface area contributed by atoms with E-state index in [1.165, 1.54) is 24.1 Å². The van der Waals surface area contributed by atoms with Gasteiger partial charge in [-0.15, -0.1) is 12.4 Å². The van der Waals surface area contributed by atoms with Crippen LogP contribution < -0.4 is 10.6 Å². The van der Waals surface area contributed by atoms with E-state index in [1.807, 2.05) is 6.92 Å². The van der Waals surface area contributed by atoms with Gasteiger partial charge in [-0.25, -0.2) is 4.39 Å². The third-order valence-electron chi connectivity index (χ3n) is 2.38. The van der Waals surface area contributed by atoms with E-state index < -0.39 is 6.04 Å². The Labute approximate surface area is 112 Å². The van der Waals surface area contributed by atoms with Crippen LogP contribution in [-0.4, -0.2) is 32.2 Å². The van der Waals surface area contributed by atoms with E-state index in [1.54, 1.807) is 12.1 Å². The topological polar surface area (TPSA) is 55.6 Å². The summed E-state index contributed by atoms with van der Waals surface area (Å²) in [7, 11) is 1.49. The number of amides is 1. The molecule has 0 aliphatic heterocycles. The van der Waals surface area contributed by atoms with Crippen LogP contribution >= 0.6 is 12.4 Å². The zero-order chi connectivity index (χ0) is 12.8. The molecule has 0 aliphatic carbocycles. The van der Waals surface area contributed by atoms with E-state index in [2.05, 4.69) is 0 Å². The molecule has 1 aromatic rings. The molecule has 0 aromatic heterocycles. The third kappa shape index (κ3) is 4.25. The zero-order valence-corrected chi connectivity index (χ0v) is 11.2. The smallest absolute Gasteiger partial charge is 0.246 e. The fraction of sp³-hybridized carbons (Fsp3) is 0.417. The summed E-state index contributed by atoms with van der Waals surface area (Å²) in [5.41, 5.74) is 6.31. The number of nitrogens with zero attached hydrogens (tertiary/aromatic N) is 1. The Morgan fingerprint density at radius 3 is 2.44 bits per heavy atom. The molecule has 0 bridgehead atoms. The number of hydrogen-bond acceptors (Lipinski definition) is 3. The summed E-state index contributed by atoms with van der Waals surface area (Å²) in [6.07, 6.45) is 0. The lowest BCUT2D eigenvalue weighted by Crippen LogP contribution is -2.46. The maximum atomic E-state index is 12.8. The number of methoxy groups -OCH3 is 1. The molecule has 0 radical (unpaired) electrons. The number of anilines is 1. The first-order valence-electron chi connectivity index (χ1n) is 5.41. The molecule has 1 rings (SSSR count). The predicted octanol–water partition coefficient (Wildman–Crippen LogP) is 1.57. The molecule has 0 spiro atoms. The maximum Gasteiger partial charge on any atom is 0.246 e. The quantitative estimate of drug-likeness (QED) is 0.888. The van der Waals surface area contributed by atoms with Gasteiger partial charge < -0.3 is 15.4 Å². The third-order valence-corrected chi connectivity index (χ3v) is 2.38. The van der Waals surface area contributed by atoms with E-state index in [9.17, 15) is 9.18 Å². The van der Waals surface area contributed by atoms with Crippen molar-refractivity contribution >= 4 is 24.0 Å². The monoisotopic (exact) mass is 276 g/mol. The van der Waals surface area contributed by atoms with E-state index in [-0.39, 0.29) is 30.7 Å². The van der Waals surface area contributed by atoms with Gasteiger partial charge >= 0.3 is 0 Å². The standard InChI is InChI=1S/C12H17FN2O2.ClH/c1-3-15(12(16)11(14)8-17-2)10-6-4-9(13)5-7-10;/h4-7,11H,3,8,14H2,1-2H3;1H. The highest BCUT2D eigenvalue weighted by Crippen LogP contribution is 2.15. The maximum absolute atomic E-state index is 12.8. The lowest BCUT2D eigenvalue weighted by molar-refractivity contribution is -0.120. The first-order chi connectivity index (χ1) is 8.10. The summed E-state index contributed by atoms with van der Waals surface area (Å²) < 4.78 is 17.6. The van der Waals surface area contributed by atoms with Crippen molar-refractivity contribution in [3.8, 4) is 0 Å². The minimum Gasteiger partial charge on any atom is -0.383 e. The number of rotatable bonds is 5. The minimum absolute atomic E-state index is 0. The van der Waals surface area contributed by atoms with Crippen LogP contribution in [0.15, 0.2) is 24.3 Å². The van der Waals surface area contributed by atoms with Crippen molar-refractivity contribution in [2.75, 3.05) is 25.2 Å². The number of carbonyl (C=O) groups excluding carboxylic acids is 1. The van der Waals surface area contributed by atoms with E-state index in [0.29, 0.717) is 12.2 Å². The second kappa shape index (κ2) is 8.02. The van der Waals surface area contributed by atoms with Crippen molar-refractivity contribution in [2.45, 2.75) is 13.0 Å². The highest BCUT2D eigenvalue weighted by atomic mass is 35.5. The van der Waals surface area contributed by atoms with E-state index >= 15 is 0 Å². The van der Waals surface area contributed by atoms with E-state index in [4.69, 9.17) is 10.5 Å². The van der Waals surface area contributed by atoms with Gasteiger partial charge in [0.1, 0.15) is 11.9 Å². The molecule has 0 saturated carbocycles. The Balaban J connectivity index is 0.00000289. The number of benzene rings is 1. The zero-order valence-electron chi connectivity index (χ0n) is 10.4. The van der Waals surface area contributed by atoms with Gasteiger partial charge in [0.2, 0.25) is 5.91 Å². The Bertz CT molecular complexity index is 373. The molecule has 2 N–H and O–H groups in total. The van der Waals surface area contributed by atoms with Crippen LogP contribution in [0.5, 0.6) is 0 Å². The van der Waals surface area contributed by atoms with Gasteiger partial charge in [0, 0.05) is 19.3 Å². The number of likely N-dealkylation sites (N-methyl/N-ethyl adjacent to an activating group) is 1. The van der Waals surface area contributed by atoms with Gasteiger partial charge in [-0.1, -0.05) is 0 Å². The van der Waals surface area contributed by atoms with E-state index in [0.717, 1.165) is 0 Å². The Hall–Kier alpha value is -1.17. The van der Waals surface area contributed by atoms with Crippen LogP contribution in [0.25, 0.3) is 0 Å². The number of ether oxygens (including phenoxy) is 1. The molecular formula is C12H18ClFN2O2. The van der Waals surface area contributed by atoms with Gasteiger partial charge in [0.15, 0.2) is 0 Å². The highest BCUT2D eigenvalue weighted by molar-refractivity contribution is 5.97. The van der Waals surface area contributed by atoms with Crippen LogP contribution in [-0.2, 0) is 9.53 Å². The van der Waals surface area contributed by atoms with Crippen LogP contribution in [0.2, 0.25) is 0 Å². The molecule has 1 atom stereocenters. The molecule has 1 aromatic carbocycles. The van der Waals surface area contributed by atoms with Crippen LogP contribution in [0, 0.1) is 5.82 Å². The average molecular weight is 277 g/mol. The van der Waals surface area contributed by atoms with Gasteiger partial charge in [-0.2, -0.15) is 0 Å². The van der Waals surface area contributed by atoms with Crippen molar-refractivity contribution < 1.29 is 13.9 Å². The van der Waals surface area contributed by atoms with Crippen molar-refractivity contribution in [1.82, 2.24) is 0 Å². The van der Waals surface area contributed by atoms with Crippen molar-refractivity contribution in [1.29, 1.82) is 0 Å². The van der Waals surface area contributed by atoms with Crippen LogP contribution in [0.3, 0.4) is 0 Å². The Kier molecular flexibility index (Phi) is 7.50. The highest BCUT2D eigenvalue weighted by Gasteiger charge is 2.20. The summed E-state index contributed by atoms with van der Waals surface area (Å²) >= 11 is 0. The SMILES string of the molecule is CCN(C(=O)C(N)COC)c1ccc(F)cc1.Cl. The van der Waals surface area contributed by atoms with Crippen LogP contribution in [0.4, 0.5) is 10.1 Å². The largest absolute Gasteiger partial charge is 0.383 e. The Morgan fingerprint density at radius 2 is 2.00 bits per heavy atom. The summed E-state index contributed by atoms with van der Waals surface area (Å²) in [5.74, 6) is -0.570. The summed E-state index contributed by atoms with van der Waals surface area (Å²) in [5, 5.41) is 0. The minimum atomic E-state index is -0.704. The number of hydrogen-bond donors (Lipinski definition) is 1.